The van der Waals surface area contributed by atoms with Gasteiger partial charge in [-0.05, 0) is 44.4 Å². The van der Waals surface area contributed by atoms with Crippen LogP contribution in [0.15, 0.2) is 45.1 Å². The van der Waals surface area contributed by atoms with Crippen molar-refractivity contribution in [3.8, 4) is 0 Å². The fourth-order valence-corrected chi connectivity index (χ4v) is 3.12. The van der Waals surface area contributed by atoms with Gasteiger partial charge in [0.25, 0.3) is 0 Å². The summed E-state index contributed by atoms with van der Waals surface area (Å²) in [5.41, 5.74) is 4.44. The van der Waals surface area contributed by atoms with Crippen molar-refractivity contribution in [2.24, 2.45) is 15.8 Å². The first-order valence-corrected chi connectivity index (χ1v) is 8.86. The Kier molecular flexibility index (Phi) is 7.07. The summed E-state index contributed by atoms with van der Waals surface area (Å²) in [6.07, 6.45) is 2.33. The Bertz CT molecular complexity index is 688. The van der Waals surface area contributed by atoms with Gasteiger partial charge in [0.1, 0.15) is 12.0 Å². The molecule has 0 saturated carbocycles. The van der Waals surface area contributed by atoms with E-state index in [2.05, 4.69) is 31.3 Å². The van der Waals surface area contributed by atoms with E-state index in [4.69, 9.17) is 5.84 Å². The number of hydrazine groups is 1. The molecule has 3 N–H and O–H groups in total. The minimum absolute atomic E-state index is 0.0484. The lowest BCUT2D eigenvalue weighted by Crippen LogP contribution is -2.38. The molecular weight excluding hydrogens is 392 g/mol. The van der Waals surface area contributed by atoms with E-state index in [1.54, 1.807) is 6.92 Å². The number of rotatable bonds is 3. The van der Waals surface area contributed by atoms with Crippen LogP contribution in [0.1, 0.15) is 25.8 Å². The zero-order valence-electron chi connectivity index (χ0n) is 14.2. The van der Waals surface area contributed by atoms with Crippen molar-refractivity contribution in [1.29, 1.82) is 0 Å². The number of hydrogen-bond acceptors (Lipinski definition) is 2. The maximum atomic E-state index is 13.4. The molecule has 1 aromatic carbocycles. The summed E-state index contributed by atoms with van der Waals surface area (Å²) in [6.45, 7) is 3.71. The van der Waals surface area contributed by atoms with Crippen LogP contribution >= 0.6 is 15.9 Å². The van der Waals surface area contributed by atoms with Gasteiger partial charge in [-0.25, -0.2) is 19.6 Å². The van der Waals surface area contributed by atoms with Gasteiger partial charge in [0, 0.05) is 22.8 Å². The predicted molar refractivity (Wildman–Crippen MR) is 102 cm³/mol. The number of nitrogens with two attached hydrogens (primary N) is 1. The smallest absolute Gasteiger partial charge is 0.234 e. The van der Waals surface area contributed by atoms with Crippen LogP contribution in [0.3, 0.4) is 0 Å². The number of aliphatic imine (C=N–C) groups is 2. The molecule has 8 heteroatoms. The first-order chi connectivity index (χ1) is 12.0. The molecule has 0 amide bonds. The van der Waals surface area contributed by atoms with Crippen LogP contribution in [0.4, 0.5) is 14.5 Å². The van der Waals surface area contributed by atoms with Crippen LogP contribution in [0.2, 0.25) is 0 Å². The molecule has 1 aliphatic rings. The summed E-state index contributed by atoms with van der Waals surface area (Å²) in [4.78, 5) is 10.3. The molecule has 2 atom stereocenters. The Morgan fingerprint density at radius 1 is 1.44 bits per heavy atom. The number of guanidine groups is 1. The summed E-state index contributed by atoms with van der Waals surface area (Å²) < 4.78 is 27.3. The fourth-order valence-electron chi connectivity index (χ4n) is 2.57. The van der Waals surface area contributed by atoms with E-state index < -0.39 is 12.2 Å². The number of amidine groups is 1. The van der Waals surface area contributed by atoms with Gasteiger partial charge in [0.15, 0.2) is 0 Å². The van der Waals surface area contributed by atoms with Gasteiger partial charge in [-0.15, -0.1) is 0 Å². The average molecular weight is 414 g/mol. The van der Waals surface area contributed by atoms with E-state index in [9.17, 15) is 8.78 Å². The number of alkyl halides is 1. The maximum absolute atomic E-state index is 13.4. The van der Waals surface area contributed by atoms with Crippen molar-refractivity contribution >= 4 is 33.4 Å². The van der Waals surface area contributed by atoms with Gasteiger partial charge in [-0.1, -0.05) is 22.0 Å². The minimum atomic E-state index is -1.15. The molecule has 5 nitrogen and oxygen atoms in total. The molecular formula is C17H22BrF2N5. The van der Waals surface area contributed by atoms with E-state index in [1.807, 2.05) is 23.1 Å². The molecule has 2 rings (SSSR count). The molecule has 1 aliphatic heterocycles. The van der Waals surface area contributed by atoms with Gasteiger partial charge < -0.3 is 4.90 Å². The van der Waals surface area contributed by atoms with Crippen molar-refractivity contribution in [3.63, 3.8) is 0 Å². The summed E-state index contributed by atoms with van der Waals surface area (Å²) in [7, 11) is 0. The summed E-state index contributed by atoms with van der Waals surface area (Å²) >= 11 is 3.55. The highest BCUT2D eigenvalue weighted by atomic mass is 79.9. The average Bonchev–Trinajstić information content (AvgIpc) is 2.60. The highest BCUT2D eigenvalue weighted by Gasteiger charge is 2.22. The summed E-state index contributed by atoms with van der Waals surface area (Å²) in [5.74, 6) is 5.85. The molecule has 1 heterocycles. The lowest BCUT2D eigenvalue weighted by Gasteiger charge is -2.31. The van der Waals surface area contributed by atoms with Gasteiger partial charge in [0.05, 0.1) is 12.4 Å². The lowest BCUT2D eigenvalue weighted by molar-refractivity contribution is 0.318. The number of benzene rings is 1. The number of nitrogens with zero attached hydrogens (tertiary/aromatic N) is 3. The number of nitrogens with one attached hydrogen (secondary N) is 1. The Labute approximate surface area is 154 Å². The molecule has 0 aliphatic carbocycles. The lowest BCUT2D eigenvalue weighted by atomic mass is 10.0. The van der Waals surface area contributed by atoms with Crippen LogP contribution in [0, 0.1) is 0 Å². The molecule has 0 aromatic heterocycles. The second-order valence-electron chi connectivity index (χ2n) is 5.77. The summed E-state index contributed by atoms with van der Waals surface area (Å²) in [5, 5.41) is 0. The third kappa shape index (κ3) is 4.85. The van der Waals surface area contributed by atoms with Crippen molar-refractivity contribution < 1.29 is 8.78 Å². The highest BCUT2D eigenvalue weighted by Crippen LogP contribution is 2.33. The Balaban J connectivity index is 2.44. The molecule has 0 bridgehead atoms. The van der Waals surface area contributed by atoms with Crippen molar-refractivity contribution in [2.75, 3.05) is 11.4 Å². The van der Waals surface area contributed by atoms with Crippen molar-refractivity contribution in [1.82, 2.24) is 5.43 Å². The Morgan fingerprint density at radius 3 is 2.84 bits per heavy atom. The molecule has 136 valence electrons. The Morgan fingerprint density at radius 2 is 2.20 bits per heavy atom. The molecule has 0 saturated heterocycles. The Hall–Kier alpha value is -1.80. The van der Waals surface area contributed by atoms with E-state index in [1.165, 1.54) is 13.0 Å². The molecule has 0 fully saturated rings. The molecule has 0 radical (unpaired) electrons. The van der Waals surface area contributed by atoms with E-state index in [0.717, 1.165) is 28.6 Å². The minimum Gasteiger partial charge on any atom is -0.326 e. The van der Waals surface area contributed by atoms with Gasteiger partial charge in [-0.3, -0.25) is 5.43 Å². The zero-order chi connectivity index (χ0) is 18.4. The highest BCUT2D eigenvalue weighted by molar-refractivity contribution is 9.10. The zero-order valence-corrected chi connectivity index (χ0v) is 15.8. The normalized spacial score (nSPS) is 18.2. The molecule has 25 heavy (non-hydrogen) atoms. The van der Waals surface area contributed by atoms with Gasteiger partial charge in [-0.2, -0.15) is 4.99 Å². The van der Waals surface area contributed by atoms with Crippen LogP contribution in [0.25, 0.3) is 0 Å². The third-order valence-corrected chi connectivity index (χ3v) is 4.77. The van der Waals surface area contributed by atoms with Crippen LogP contribution < -0.4 is 16.2 Å². The molecule has 1 aromatic rings. The monoisotopic (exact) mass is 413 g/mol. The first-order valence-electron chi connectivity index (χ1n) is 8.06. The maximum Gasteiger partial charge on any atom is 0.234 e. The van der Waals surface area contributed by atoms with E-state index >= 15 is 0 Å². The van der Waals surface area contributed by atoms with Crippen LogP contribution in [-0.2, 0) is 6.42 Å². The van der Waals surface area contributed by atoms with Crippen LogP contribution in [0.5, 0.6) is 0 Å². The largest absolute Gasteiger partial charge is 0.326 e. The number of halogens is 3. The predicted octanol–water partition coefficient (Wildman–Crippen LogP) is 3.65. The second-order valence-corrected chi connectivity index (χ2v) is 6.62. The number of fused-ring (bicyclic) bond motifs is 1. The SMILES string of the molecule is CC(F)[C@@H](C)\N=C(/N=C(\C=C/F)N1CCCc2c(Br)cccc21)NN. The molecule has 0 spiro atoms. The van der Waals surface area contributed by atoms with Gasteiger partial charge >= 0.3 is 0 Å². The van der Waals surface area contributed by atoms with Crippen molar-refractivity contribution in [2.45, 2.75) is 38.9 Å². The standard InChI is InChI=1S/C17H22BrF2N5/c1-11(20)12(2)22-17(24-21)23-16(8-9-19)25-10-4-5-13-14(18)6-3-7-15(13)25/h3,6-9,11-12H,4-5,10,21H2,1-2H3,(H,22,24)/b9-8-,23-16+/t11?,12-/m1/s1. The molecule has 1 unspecified atom stereocenters. The quantitative estimate of drug-likeness (QED) is 0.344. The van der Waals surface area contributed by atoms with Crippen LogP contribution in [-0.4, -0.2) is 30.6 Å². The number of hydrogen-bond donors (Lipinski definition) is 2. The number of anilines is 1. The second kappa shape index (κ2) is 9.05. The topological polar surface area (TPSA) is 66.0 Å². The van der Waals surface area contributed by atoms with E-state index in [-0.39, 0.29) is 5.96 Å². The fraction of sp³-hybridized carbons (Fsp3) is 0.412. The first kappa shape index (κ1) is 19.5. The third-order valence-electron chi connectivity index (χ3n) is 4.02. The van der Waals surface area contributed by atoms with E-state index in [0.29, 0.717) is 18.7 Å². The summed E-state index contributed by atoms with van der Waals surface area (Å²) in [6, 6.07) is 5.23. The van der Waals surface area contributed by atoms with Gasteiger partial charge in [0.2, 0.25) is 5.96 Å². The van der Waals surface area contributed by atoms with Crippen molar-refractivity contribution in [3.05, 3.63) is 40.6 Å².